The second-order valence-electron chi connectivity index (χ2n) is 7.86. The van der Waals surface area contributed by atoms with Crippen LogP contribution in [0.25, 0.3) is 0 Å². The van der Waals surface area contributed by atoms with E-state index in [9.17, 15) is 14.4 Å². The molecule has 0 bridgehead atoms. The van der Waals surface area contributed by atoms with Gasteiger partial charge in [-0.1, -0.05) is 12.8 Å². The van der Waals surface area contributed by atoms with E-state index in [-0.39, 0.29) is 17.9 Å². The zero-order valence-corrected chi connectivity index (χ0v) is 16.3. The third-order valence-corrected chi connectivity index (χ3v) is 5.90. The number of ether oxygens (including phenoxy) is 1. The van der Waals surface area contributed by atoms with Gasteiger partial charge < -0.3 is 19.9 Å². The Hall–Kier alpha value is -2.57. The first-order valence-corrected chi connectivity index (χ1v) is 10.3. The maximum absolute atomic E-state index is 12.6. The highest BCUT2D eigenvalue weighted by Crippen LogP contribution is 2.37. The van der Waals surface area contributed by atoms with Crippen LogP contribution >= 0.6 is 0 Å². The Kier molecular flexibility index (Phi) is 5.24. The van der Waals surface area contributed by atoms with E-state index < -0.39 is 12.1 Å². The summed E-state index contributed by atoms with van der Waals surface area (Å²) in [4.78, 5) is 41.3. The largest absolute Gasteiger partial charge is 0.449 e. The highest BCUT2D eigenvalue weighted by Gasteiger charge is 2.36. The van der Waals surface area contributed by atoms with Crippen molar-refractivity contribution >= 4 is 29.2 Å². The molecule has 3 heterocycles. The molecule has 2 saturated heterocycles. The summed E-state index contributed by atoms with van der Waals surface area (Å²) in [6.45, 7) is 3.92. The molecule has 0 saturated carbocycles. The molecule has 4 rings (SSSR count). The van der Waals surface area contributed by atoms with E-state index >= 15 is 0 Å². The smallest absolute Gasteiger partial charge is 0.338 e. The fourth-order valence-electron chi connectivity index (χ4n) is 4.38. The summed E-state index contributed by atoms with van der Waals surface area (Å²) in [5, 5.41) is 2.90. The lowest BCUT2D eigenvalue weighted by atomic mass is 10.1. The number of anilines is 2. The van der Waals surface area contributed by atoms with Gasteiger partial charge in [0.05, 0.1) is 16.9 Å². The van der Waals surface area contributed by atoms with Crippen LogP contribution in [0.3, 0.4) is 0 Å². The maximum Gasteiger partial charge on any atom is 0.338 e. The fraction of sp³-hybridized carbons (Fsp3) is 0.571. The van der Waals surface area contributed by atoms with Crippen molar-refractivity contribution < 1.29 is 19.1 Å². The zero-order chi connectivity index (χ0) is 19.7. The summed E-state index contributed by atoms with van der Waals surface area (Å²) in [6, 6.07) is 5.09. The van der Waals surface area contributed by atoms with Crippen LogP contribution in [0.5, 0.6) is 0 Å². The van der Waals surface area contributed by atoms with Crippen LogP contribution in [0, 0.1) is 0 Å². The standard InChI is InChI=1S/C21H27N3O4/c1-14(20(26)23-10-4-2-3-5-11-23)28-21(27)15-8-9-17-16(13-15)22-19(25)18-7-6-12-24(17)18/h8-9,13-14,18H,2-7,10-12H2,1H3,(H,22,25)/t14-,18-/m0/s1. The monoisotopic (exact) mass is 385 g/mol. The lowest BCUT2D eigenvalue weighted by Crippen LogP contribution is -2.44. The topological polar surface area (TPSA) is 79.0 Å². The molecule has 3 aliphatic heterocycles. The number of benzene rings is 1. The molecule has 28 heavy (non-hydrogen) atoms. The number of likely N-dealkylation sites (tertiary alicyclic amines) is 1. The molecule has 1 aromatic rings. The molecule has 0 aromatic heterocycles. The third-order valence-electron chi connectivity index (χ3n) is 5.90. The number of hydrogen-bond acceptors (Lipinski definition) is 5. The molecule has 0 unspecified atom stereocenters. The lowest BCUT2D eigenvalue weighted by molar-refractivity contribution is -0.139. The molecule has 7 heteroatoms. The van der Waals surface area contributed by atoms with E-state index in [0.717, 1.165) is 63.8 Å². The van der Waals surface area contributed by atoms with Gasteiger partial charge in [0.15, 0.2) is 6.10 Å². The van der Waals surface area contributed by atoms with E-state index in [2.05, 4.69) is 10.2 Å². The Balaban J connectivity index is 1.44. The predicted octanol–water partition coefficient (Wildman–Crippen LogP) is 2.56. The number of carbonyl (C=O) groups is 3. The fourth-order valence-corrected chi connectivity index (χ4v) is 4.38. The van der Waals surface area contributed by atoms with Crippen LogP contribution in [-0.4, -0.2) is 54.5 Å². The number of rotatable bonds is 3. The van der Waals surface area contributed by atoms with Gasteiger partial charge in [0.25, 0.3) is 5.91 Å². The minimum atomic E-state index is -0.820. The summed E-state index contributed by atoms with van der Waals surface area (Å²) in [5.74, 6) is -0.710. The number of fused-ring (bicyclic) bond motifs is 3. The van der Waals surface area contributed by atoms with Gasteiger partial charge in [-0.05, 0) is 50.8 Å². The van der Waals surface area contributed by atoms with Gasteiger partial charge in [-0.15, -0.1) is 0 Å². The number of amides is 2. The van der Waals surface area contributed by atoms with Crippen LogP contribution in [0.2, 0.25) is 0 Å². The highest BCUT2D eigenvalue weighted by molar-refractivity contribution is 6.05. The maximum atomic E-state index is 12.6. The Labute approximate surface area is 165 Å². The molecular formula is C21H27N3O4. The molecule has 2 amide bonds. The summed E-state index contributed by atoms with van der Waals surface area (Å²) in [6.07, 6.45) is 5.28. The molecular weight excluding hydrogens is 358 g/mol. The average Bonchev–Trinajstić information content (AvgIpc) is 3.03. The molecule has 2 atom stereocenters. The highest BCUT2D eigenvalue weighted by atomic mass is 16.5. The molecule has 0 aliphatic carbocycles. The Morgan fingerprint density at radius 1 is 1.11 bits per heavy atom. The minimum absolute atomic E-state index is 0.0276. The van der Waals surface area contributed by atoms with Crippen molar-refractivity contribution in [1.29, 1.82) is 0 Å². The number of esters is 1. The van der Waals surface area contributed by atoms with E-state index in [1.807, 2.05) is 6.07 Å². The molecule has 7 nitrogen and oxygen atoms in total. The number of hydrogen-bond donors (Lipinski definition) is 1. The van der Waals surface area contributed by atoms with E-state index in [1.54, 1.807) is 24.0 Å². The van der Waals surface area contributed by atoms with Gasteiger partial charge in [-0.2, -0.15) is 0 Å². The van der Waals surface area contributed by atoms with E-state index in [0.29, 0.717) is 11.3 Å². The molecule has 150 valence electrons. The molecule has 1 N–H and O–H groups in total. The van der Waals surface area contributed by atoms with Crippen molar-refractivity contribution in [2.24, 2.45) is 0 Å². The van der Waals surface area contributed by atoms with Crippen LogP contribution in [0.4, 0.5) is 11.4 Å². The van der Waals surface area contributed by atoms with Crippen LogP contribution in [-0.2, 0) is 14.3 Å². The van der Waals surface area contributed by atoms with Crippen molar-refractivity contribution in [3.05, 3.63) is 23.8 Å². The second kappa shape index (κ2) is 7.81. The number of carbonyl (C=O) groups excluding carboxylic acids is 3. The first kappa shape index (κ1) is 18.8. The van der Waals surface area contributed by atoms with Gasteiger partial charge in [-0.3, -0.25) is 9.59 Å². The summed E-state index contributed by atoms with van der Waals surface area (Å²) < 4.78 is 5.44. The van der Waals surface area contributed by atoms with Crippen molar-refractivity contribution in [2.45, 2.75) is 57.6 Å². The van der Waals surface area contributed by atoms with Crippen molar-refractivity contribution in [3.8, 4) is 0 Å². The number of nitrogens with one attached hydrogen (secondary N) is 1. The molecule has 2 fully saturated rings. The Morgan fingerprint density at radius 3 is 2.61 bits per heavy atom. The Morgan fingerprint density at radius 2 is 1.86 bits per heavy atom. The minimum Gasteiger partial charge on any atom is -0.449 e. The quantitative estimate of drug-likeness (QED) is 0.809. The third kappa shape index (κ3) is 3.57. The van der Waals surface area contributed by atoms with Gasteiger partial charge in [0.1, 0.15) is 6.04 Å². The average molecular weight is 385 g/mol. The first-order valence-electron chi connectivity index (χ1n) is 10.3. The van der Waals surface area contributed by atoms with Crippen molar-refractivity contribution in [2.75, 3.05) is 29.9 Å². The first-order chi connectivity index (χ1) is 13.5. The zero-order valence-electron chi connectivity index (χ0n) is 16.3. The van der Waals surface area contributed by atoms with Crippen LogP contribution in [0.1, 0.15) is 55.8 Å². The van der Waals surface area contributed by atoms with Crippen molar-refractivity contribution in [3.63, 3.8) is 0 Å². The second-order valence-corrected chi connectivity index (χ2v) is 7.86. The number of nitrogens with zero attached hydrogens (tertiary/aromatic N) is 2. The van der Waals surface area contributed by atoms with Crippen LogP contribution in [0.15, 0.2) is 18.2 Å². The lowest BCUT2D eigenvalue weighted by Gasteiger charge is -2.33. The Bertz CT molecular complexity index is 786. The molecule has 0 radical (unpaired) electrons. The van der Waals surface area contributed by atoms with E-state index in [1.165, 1.54) is 0 Å². The predicted molar refractivity (Wildman–Crippen MR) is 105 cm³/mol. The van der Waals surface area contributed by atoms with Gasteiger partial charge >= 0.3 is 5.97 Å². The van der Waals surface area contributed by atoms with Crippen molar-refractivity contribution in [1.82, 2.24) is 4.90 Å². The van der Waals surface area contributed by atoms with Crippen LogP contribution < -0.4 is 10.2 Å². The molecule has 3 aliphatic rings. The molecule has 0 spiro atoms. The summed E-state index contributed by atoms with van der Waals surface area (Å²) >= 11 is 0. The SMILES string of the molecule is C[C@H](OC(=O)c1ccc2c(c1)NC(=O)[C@@H]1CCCN21)C(=O)N1CCCCCC1. The van der Waals surface area contributed by atoms with Gasteiger partial charge in [0.2, 0.25) is 5.91 Å². The summed E-state index contributed by atoms with van der Waals surface area (Å²) in [7, 11) is 0. The molecule has 1 aromatic carbocycles. The van der Waals surface area contributed by atoms with Gasteiger partial charge in [-0.25, -0.2) is 4.79 Å². The summed E-state index contributed by atoms with van der Waals surface area (Å²) in [5.41, 5.74) is 1.91. The van der Waals surface area contributed by atoms with E-state index in [4.69, 9.17) is 4.74 Å². The normalized spacial score (nSPS) is 22.6. The van der Waals surface area contributed by atoms with Gasteiger partial charge in [0, 0.05) is 19.6 Å².